The van der Waals surface area contributed by atoms with Gasteiger partial charge < -0.3 is 4.98 Å². The van der Waals surface area contributed by atoms with Crippen molar-refractivity contribution in [2.45, 2.75) is 45.4 Å². The predicted molar refractivity (Wildman–Crippen MR) is 113 cm³/mol. The molecule has 0 saturated carbocycles. The van der Waals surface area contributed by atoms with Gasteiger partial charge in [-0.15, -0.1) is 0 Å². The number of hydrazone groups is 1. The molecular formula is C21H28N4O3S. The van der Waals surface area contributed by atoms with Crippen molar-refractivity contribution in [2.24, 2.45) is 11.0 Å². The van der Waals surface area contributed by atoms with Gasteiger partial charge in [0.05, 0.1) is 16.5 Å². The average Bonchev–Trinajstić information content (AvgIpc) is 3.04. The van der Waals surface area contributed by atoms with Gasteiger partial charge in [0, 0.05) is 30.5 Å². The first-order chi connectivity index (χ1) is 13.7. The Morgan fingerprint density at radius 1 is 1.21 bits per heavy atom. The second-order valence-corrected chi connectivity index (χ2v) is 9.60. The van der Waals surface area contributed by atoms with E-state index in [2.05, 4.69) is 15.5 Å². The molecule has 0 radical (unpaired) electrons. The fraction of sp³-hybridized carbons (Fsp3) is 0.429. The SMILES string of the molecule is C/C(=N\NC(=O)[C@@H]1CCCN(S(=O)(=O)c2ccc(C)cc2)C1)c1c(C)c[nH]c1C. The number of rotatable bonds is 5. The van der Waals surface area contributed by atoms with Crippen LogP contribution in [0.15, 0.2) is 40.5 Å². The maximum Gasteiger partial charge on any atom is 0.244 e. The summed E-state index contributed by atoms with van der Waals surface area (Å²) in [6, 6.07) is 6.79. The first-order valence-electron chi connectivity index (χ1n) is 9.76. The molecule has 1 aliphatic rings. The van der Waals surface area contributed by atoms with Gasteiger partial charge >= 0.3 is 0 Å². The summed E-state index contributed by atoms with van der Waals surface area (Å²) in [5.41, 5.74) is 7.38. The summed E-state index contributed by atoms with van der Waals surface area (Å²) in [4.78, 5) is 16.1. The number of nitrogens with zero attached hydrogens (tertiary/aromatic N) is 2. The highest BCUT2D eigenvalue weighted by atomic mass is 32.2. The van der Waals surface area contributed by atoms with Crippen LogP contribution in [0.25, 0.3) is 0 Å². The Bertz CT molecular complexity index is 1000. The number of hydrogen-bond acceptors (Lipinski definition) is 4. The lowest BCUT2D eigenvalue weighted by molar-refractivity contribution is -0.126. The normalized spacial score (nSPS) is 18.6. The maximum atomic E-state index is 12.9. The molecular weight excluding hydrogens is 388 g/mol. The molecule has 0 bridgehead atoms. The van der Waals surface area contributed by atoms with Crippen molar-refractivity contribution < 1.29 is 13.2 Å². The molecule has 8 heteroatoms. The van der Waals surface area contributed by atoms with Crippen LogP contribution in [0.5, 0.6) is 0 Å². The molecule has 1 aliphatic heterocycles. The highest BCUT2D eigenvalue weighted by Gasteiger charge is 2.33. The maximum absolute atomic E-state index is 12.9. The second kappa shape index (κ2) is 8.51. The Morgan fingerprint density at radius 2 is 1.90 bits per heavy atom. The van der Waals surface area contributed by atoms with E-state index in [0.717, 1.165) is 28.1 Å². The first kappa shape index (κ1) is 21.3. The lowest BCUT2D eigenvalue weighted by Crippen LogP contribution is -2.44. The summed E-state index contributed by atoms with van der Waals surface area (Å²) in [7, 11) is -3.61. The van der Waals surface area contributed by atoms with Crippen LogP contribution in [0.4, 0.5) is 0 Å². The minimum Gasteiger partial charge on any atom is -0.364 e. The predicted octanol–water partition coefficient (Wildman–Crippen LogP) is 2.88. The molecule has 2 N–H and O–H groups in total. The largest absolute Gasteiger partial charge is 0.364 e. The van der Waals surface area contributed by atoms with Gasteiger partial charge in [0.25, 0.3) is 0 Å². The Hall–Kier alpha value is -2.45. The van der Waals surface area contributed by atoms with Gasteiger partial charge in [-0.3, -0.25) is 4.79 Å². The Morgan fingerprint density at radius 3 is 2.52 bits per heavy atom. The zero-order valence-corrected chi connectivity index (χ0v) is 18.1. The third-order valence-electron chi connectivity index (χ3n) is 5.38. The zero-order valence-electron chi connectivity index (χ0n) is 17.3. The number of aryl methyl sites for hydroxylation is 3. The van der Waals surface area contributed by atoms with E-state index in [1.165, 1.54) is 4.31 Å². The van der Waals surface area contributed by atoms with E-state index in [1.807, 2.05) is 33.9 Å². The fourth-order valence-corrected chi connectivity index (χ4v) is 5.26. The van der Waals surface area contributed by atoms with Crippen molar-refractivity contribution in [2.75, 3.05) is 13.1 Å². The van der Waals surface area contributed by atoms with Crippen LogP contribution in [0.2, 0.25) is 0 Å². The topological polar surface area (TPSA) is 94.6 Å². The van der Waals surface area contributed by atoms with Crippen LogP contribution in [-0.4, -0.2) is 42.4 Å². The molecule has 1 aromatic heterocycles. The minimum absolute atomic E-state index is 0.165. The van der Waals surface area contributed by atoms with Crippen LogP contribution in [0.1, 0.15) is 42.1 Å². The van der Waals surface area contributed by atoms with Crippen molar-refractivity contribution in [1.29, 1.82) is 0 Å². The number of aromatic nitrogens is 1. The molecule has 0 unspecified atom stereocenters. The summed E-state index contributed by atoms with van der Waals surface area (Å²) in [5, 5.41) is 4.25. The van der Waals surface area contributed by atoms with Crippen LogP contribution in [-0.2, 0) is 14.8 Å². The van der Waals surface area contributed by atoms with Gasteiger partial charge in [-0.25, -0.2) is 13.8 Å². The molecule has 1 amide bonds. The van der Waals surface area contributed by atoms with E-state index in [-0.39, 0.29) is 17.3 Å². The molecule has 0 spiro atoms. The zero-order chi connectivity index (χ0) is 21.2. The van der Waals surface area contributed by atoms with Gasteiger partial charge in [0.2, 0.25) is 15.9 Å². The monoisotopic (exact) mass is 416 g/mol. The quantitative estimate of drug-likeness (QED) is 0.580. The van der Waals surface area contributed by atoms with Crippen molar-refractivity contribution in [3.63, 3.8) is 0 Å². The minimum atomic E-state index is -3.61. The number of piperidine rings is 1. The Balaban J connectivity index is 1.69. The number of hydrogen-bond donors (Lipinski definition) is 2. The van der Waals surface area contributed by atoms with Crippen LogP contribution < -0.4 is 5.43 Å². The fourth-order valence-electron chi connectivity index (χ4n) is 3.73. The molecule has 0 aliphatic carbocycles. The van der Waals surface area contributed by atoms with Crippen LogP contribution in [0.3, 0.4) is 0 Å². The van der Waals surface area contributed by atoms with E-state index < -0.39 is 15.9 Å². The van der Waals surface area contributed by atoms with E-state index >= 15 is 0 Å². The third-order valence-corrected chi connectivity index (χ3v) is 7.26. The average molecular weight is 417 g/mol. The molecule has 1 aromatic carbocycles. The van der Waals surface area contributed by atoms with Crippen molar-refractivity contribution in [3.05, 3.63) is 52.8 Å². The molecule has 1 fully saturated rings. The summed E-state index contributed by atoms with van der Waals surface area (Å²) in [6.07, 6.45) is 3.19. The highest BCUT2D eigenvalue weighted by Crippen LogP contribution is 2.24. The Labute approximate surface area is 172 Å². The van der Waals surface area contributed by atoms with Crippen LogP contribution in [0, 0.1) is 26.7 Å². The van der Waals surface area contributed by atoms with Gasteiger partial charge in [-0.1, -0.05) is 17.7 Å². The number of sulfonamides is 1. The standard InChI is InChI=1S/C21H28N4O3S/c1-14-7-9-19(10-8-14)29(27,28)25-11-5-6-18(13-25)21(26)24-23-17(4)20-15(2)12-22-16(20)3/h7-10,12,18,22H,5-6,11,13H2,1-4H3,(H,24,26)/b23-17+/t18-/m1/s1. The lowest BCUT2D eigenvalue weighted by Gasteiger charge is -2.30. The molecule has 3 rings (SSSR count). The number of carbonyl (C=O) groups excluding carboxylic acids is 1. The molecule has 1 atom stereocenters. The van der Waals surface area contributed by atoms with Gasteiger partial charge in [-0.2, -0.15) is 9.41 Å². The second-order valence-electron chi connectivity index (χ2n) is 7.66. The molecule has 1 saturated heterocycles. The lowest BCUT2D eigenvalue weighted by atomic mass is 9.99. The van der Waals surface area contributed by atoms with Crippen molar-refractivity contribution >= 4 is 21.6 Å². The molecule has 2 aromatic rings. The van der Waals surface area contributed by atoms with Gasteiger partial charge in [-0.05, 0) is 58.2 Å². The van der Waals surface area contributed by atoms with Crippen molar-refractivity contribution in [3.8, 4) is 0 Å². The van der Waals surface area contributed by atoms with Crippen molar-refractivity contribution in [1.82, 2.24) is 14.7 Å². The number of H-pyrrole nitrogens is 1. The van der Waals surface area contributed by atoms with Crippen LogP contribution >= 0.6 is 0 Å². The number of carbonyl (C=O) groups is 1. The number of aromatic amines is 1. The number of benzene rings is 1. The first-order valence-corrected chi connectivity index (χ1v) is 11.2. The smallest absolute Gasteiger partial charge is 0.244 e. The third kappa shape index (κ3) is 4.59. The highest BCUT2D eigenvalue weighted by molar-refractivity contribution is 7.89. The van der Waals surface area contributed by atoms with Gasteiger partial charge in [0.1, 0.15) is 0 Å². The van der Waals surface area contributed by atoms with Gasteiger partial charge in [0.15, 0.2) is 0 Å². The van der Waals surface area contributed by atoms with E-state index in [1.54, 1.807) is 24.3 Å². The molecule has 29 heavy (non-hydrogen) atoms. The summed E-state index contributed by atoms with van der Waals surface area (Å²) < 4.78 is 27.3. The molecule has 156 valence electrons. The van der Waals surface area contributed by atoms with E-state index in [0.29, 0.717) is 19.4 Å². The summed E-state index contributed by atoms with van der Waals surface area (Å²) in [5.74, 6) is -0.673. The molecule has 2 heterocycles. The summed E-state index contributed by atoms with van der Waals surface area (Å²) >= 11 is 0. The Kier molecular flexibility index (Phi) is 6.24. The molecule has 7 nitrogen and oxygen atoms in total. The number of nitrogens with one attached hydrogen (secondary N) is 2. The van der Waals surface area contributed by atoms with E-state index in [9.17, 15) is 13.2 Å². The van der Waals surface area contributed by atoms with E-state index in [4.69, 9.17) is 0 Å². The number of amides is 1. The summed E-state index contributed by atoms with van der Waals surface area (Å²) in [6.45, 7) is 8.28.